The van der Waals surface area contributed by atoms with E-state index in [4.69, 9.17) is 0 Å². The van der Waals surface area contributed by atoms with Crippen molar-refractivity contribution < 1.29 is 13.2 Å². The summed E-state index contributed by atoms with van der Waals surface area (Å²) in [6, 6.07) is 8.86. The highest BCUT2D eigenvalue weighted by atomic mass is 32.2. The highest BCUT2D eigenvalue weighted by molar-refractivity contribution is 7.99. The number of pyridine rings is 1. The Morgan fingerprint density at radius 1 is 1.12 bits per heavy atom. The van der Waals surface area contributed by atoms with Gasteiger partial charge in [0.15, 0.2) is 0 Å². The molecular weight excluding hydrogens is 235 g/mol. The minimum absolute atomic E-state index is 0.0385. The first-order valence-electron chi connectivity index (χ1n) is 4.59. The average Bonchev–Trinajstić information content (AvgIpc) is 2.25. The number of alkyl halides is 3. The Hall–Kier alpha value is -1.23. The summed E-state index contributed by atoms with van der Waals surface area (Å²) in [5, 5.41) is 0.864. The SMILES string of the molecule is FC(F)(F)SCc1cccc2cccnc12. The molecule has 0 saturated heterocycles. The predicted molar refractivity (Wildman–Crippen MR) is 59.1 cm³/mol. The third kappa shape index (κ3) is 2.66. The van der Waals surface area contributed by atoms with E-state index in [-0.39, 0.29) is 17.5 Å². The van der Waals surface area contributed by atoms with E-state index in [1.165, 1.54) is 0 Å². The van der Waals surface area contributed by atoms with Crippen molar-refractivity contribution >= 4 is 22.7 Å². The lowest BCUT2D eigenvalue weighted by molar-refractivity contribution is -0.0329. The van der Waals surface area contributed by atoms with E-state index in [0.29, 0.717) is 11.1 Å². The van der Waals surface area contributed by atoms with Gasteiger partial charge in [0.1, 0.15) is 0 Å². The summed E-state index contributed by atoms with van der Waals surface area (Å²) >= 11 is -0.0385. The number of nitrogens with zero attached hydrogens (tertiary/aromatic N) is 1. The Bertz CT molecular complexity index is 491. The predicted octanol–water partition coefficient (Wildman–Crippen LogP) is 3.99. The van der Waals surface area contributed by atoms with Gasteiger partial charge in [-0.15, -0.1) is 0 Å². The zero-order valence-corrected chi connectivity index (χ0v) is 8.98. The largest absolute Gasteiger partial charge is 0.442 e. The molecule has 0 unspecified atom stereocenters. The van der Waals surface area contributed by atoms with Gasteiger partial charge in [-0.3, -0.25) is 4.98 Å². The molecule has 0 radical (unpaired) electrons. The van der Waals surface area contributed by atoms with Gasteiger partial charge in [0.25, 0.3) is 0 Å². The number of hydrogen-bond acceptors (Lipinski definition) is 2. The quantitative estimate of drug-likeness (QED) is 0.791. The van der Waals surface area contributed by atoms with Crippen molar-refractivity contribution in [3.05, 3.63) is 42.1 Å². The Kier molecular flexibility index (Phi) is 3.05. The molecule has 1 nitrogen and oxygen atoms in total. The maximum atomic E-state index is 12.1. The minimum Gasteiger partial charge on any atom is -0.256 e. The first-order valence-corrected chi connectivity index (χ1v) is 5.58. The number of halogens is 3. The second-order valence-corrected chi connectivity index (χ2v) is 4.27. The zero-order chi connectivity index (χ0) is 11.6. The van der Waals surface area contributed by atoms with Gasteiger partial charge in [-0.1, -0.05) is 24.3 Å². The van der Waals surface area contributed by atoms with E-state index in [0.717, 1.165) is 5.39 Å². The van der Waals surface area contributed by atoms with Crippen molar-refractivity contribution in [2.75, 3.05) is 0 Å². The van der Waals surface area contributed by atoms with E-state index in [9.17, 15) is 13.2 Å². The van der Waals surface area contributed by atoms with E-state index in [2.05, 4.69) is 4.98 Å². The molecule has 2 rings (SSSR count). The second-order valence-electron chi connectivity index (χ2n) is 3.23. The van der Waals surface area contributed by atoms with Crippen LogP contribution < -0.4 is 0 Å². The third-order valence-electron chi connectivity index (χ3n) is 2.11. The first-order chi connectivity index (χ1) is 7.56. The Labute approximate surface area is 94.7 Å². The van der Waals surface area contributed by atoms with Crippen LogP contribution in [-0.4, -0.2) is 10.5 Å². The van der Waals surface area contributed by atoms with Crippen LogP contribution in [0.2, 0.25) is 0 Å². The molecular formula is C11H8F3NS. The molecule has 0 aliphatic carbocycles. The summed E-state index contributed by atoms with van der Waals surface area (Å²) in [6.07, 6.45) is 1.59. The molecule has 0 bridgehead atoms. The molecule has 1 heterocycles. The van der Waals surface area contributed by atoms with Crippen molar-refractivity contribution in [2.45, 2.75) is 11.3 Å². The maximum absolute atomic E-state index is 12.1. The molecule has 0 amide bonds. The molecule has 0 N–H and O–H groups in total. The van der Waals surface area contributed by atoms with Crippen molar-refractivity contribution in [3.63, 3.8) is 0 Å². The van der Waals surface area contributed by atoms with E-state index >= 15 is 0 Å². The van der Waals surface area contributed by atoms with Crippen molar-refractivity contribution in [3.8, 4) is 0 Å². The van der Waals surface area contributed by atoms with Crippen LogP contribution in [0.25, 0.3) is 10.9 Å². The van der Waals surface area contributed by atoms with Crippen molar-refractivity contribution in [1.82, 2.24) is 4.98 Å². The van der Waals surface area contributed by atoms with Crippen LogP contribution in [0, 0.1) is 0 Å². The van der Waals surface area contributed by atoms with E-state index in [1.54, 1.807) is 24.4 Å². The highest BCUT2D eigenvalue weighted by Crippen LogP contribution is 2.34. The molecule has 1 aromatic carbocycles. The summed E-state index contributed by atoms with van der Waals surface area (Å²) in [5.41, 5.74) is -2.95. The Morgan fingerprint density at radius 2 is 1.88 bits per heavy atom. The summed E-state index contributed by atoms with van der Waals surface area (Å²) in [5.74, 6) is -0.0994. The molecule has 0 atom stereocenters. The Morgan fingerprint density at radius 3 is 2.62 bits per heavy atom. The normalized spacial score (nSPS) is 11.9. The number of fused-ring (bicyclic) bond motifs is 1. The van der Waals surface area contributed by atoms with Gasteiger partial charge in [0.2, 0.25) is 0 Å². The lowest BCUT2D eigenvalue weighted by Gasteiger charge is -2.07. The average molecular weight is 243 g/mol. The van der Waals surface area contributed by atoms with Crippen molar-refractivity contribution in [1.29, 1.82) is 0 Å². The van der Waals surface area contributed by atoms with Gasteiger partial charge < -0.3 is 0 Å². The molecule has 0 saturated carbocycles. The van der Waals surface area contributed by atoms with Crippen LogP contribution in [0.3, 0.4) is 0 Å². The van der Waals surface area contributed by atoms with Crippen LogP contribution in [0.15, 0.2) is 36.5 Å². The van der Waals surface area contributed by atoms with E-state index in [1.807, 2.05) is 12.1 Å². The van der Waals surface area contributed by atoms with Gasteiger partial charge in [-0.05, 0) is 23.4 Å². The fraction of sp³-hybridized carbons (Fsp3) is 0.182. The number of para-hydroxylation sites is 1. The number of benzene rings is 1. The van der Waals surface area contributed by atoms with Gasteiger partial charge in [0, 0.05) is 17.3 Å². The Balaban J connectivity index is 2.30. The van der Waals surface area contributed by atoms with Crippen LogP contribution >= 0.6 is 11.8 Å². The number of thioether (sulfide) groups is 1. The maximum Gasteiger partial charge on any atom is 0.442 e. The van der Waals surface area contributed by atoms with Crippen LogP contribution in [0.1, 0.15) is 5.56 Å². The van der Waals surface area contributed by atoms with Crippen LogP contribution in [-0.2, 0) is 5.75 Å². The molecule has 0 aliphatic heterocycles. The third-order valence-corrected chi connectivity index (χ3v) is 2.89. The van der Waals surface area contributed by atoms with Gasteiger partial charge in [-0.25, -0.2) is 0 Å². The molecule has 0 fully saturated rings. The molecule has 1 aromatic heterocycles. The summed E-state index contributed by atoms with van der Waals surface area (Å²) in [7, 11) is 0. The van der Waals surface area contributed by atoms with Crippen LogP contribution in [0.5, 0.6) is 0 Å². The highest BCUT2D eigenvalue weighted by Gasteiger charge is 2.28. The smallest absolute Gasteiger partial charge is 0.256 e. The minimum atomic E-state index is -4.20. The molecule has 0 spiro atoms. The van der Waals surface area contributed by atoms with Crippen LogP contribution in [0.4, 0.5) is 13.2 Å². The number of hydrogen-bond donors (Lipinski definition) is 0. The monoisotopic (exact) mass is 243 g/mol. The van der Waals surface area contributed by atoms with Gasteiger partial charge in [-0.2, -0.15) is 13.2 Å². The molecule has 84 valence electrons. The second kappa shape index (κ2) is 4.33. The lowest BCUT2D eigenvalue weighted by Crippen LogP contribution is -2.00. The summed E-state index contributed by atoms with van der Waals surface area (Å²) in [6.45, 7) is 0. The molecule has 5 heteroatoms. The summed E-state index contributed by atoms with van der Waals surface area (Å²) in [4.78, 5) is 4.10. The lowest BCUT2D eigenvalue weighted by atomic mass is 10.1. The van der Waals surface area contributed by atoms with E-state index < -0.39 is 5.51 Å². The molecule has 2 aromatic rings. The van der Waals surface area contributed by atoms with Gasteiger partial charge >= 0.3 is 5.51 Å². The van der Waals surface area contributed by atoms with Gasteiger partial charge in [0.05, 0.1) is 5.52 Å². The standard InChI is InChI=1S/C11H8F3NS/c12-11(13,14)16-7-9-4-1-3-8-5-2-6-15-10(8)9/h1-6H,7H2. The fourth-order valence-corrected chi connectivity index (χ4v) is 2.00. The zero-order valence-electron chi connectivity index (χ0n) is 8.16. The number of rotatable bonds is 2. The summed E-state index contributed by atoms with van der Waals surface area (Å²) < 4.78 is 36.3. The molecule has 16 heavy (non-hydrogen) atoms. The fourth-order valence-electron chi connectivity index (χ4n) is 1.44. The first kappa shape index (κ1) is 11.3. The van der Waals surface area contributed by atoms with Crippen molar-refractivity contribution in [2.24, 2.45) is 0 Å². The number of aromatic nitrogens is 1. The topological polar surface area (TPSA) is 12.9 Å². The molecule has 0 aliphatic rings.